The van der Waals surface area contributed by atoms with Gasteiger partial charge in [-0.15, -0.1) is 10.2 Å². The zero-order valence-electron chi connectivity index (χ0n) is 25.3. The highest BCUT2D eigenvalue weighted by molar-refractivity contribution is 5.98. The van der Waals surface area contributed by atoms with Crippen molar-refractivity contribution in [2.45, 2.75) is 45.1 Å². The third-order valence-electron chi connectivity index (χ3n) is 10.9. The first-order valence-corrected chi connectivity index (χ1v) is 16.4. The molecule has 0 radical (unpaired) electrons. The quantitative estimate of drug-likeness (QED) is 0.265. The van der Waals surface area contributed by atoms with Crippen LogP contribution in [-0.2, 0) is 6.54 Å². The lowest BCUT2D eigenvalue weighted by Crippen LogP contribution is -2.51. The van der Waals surface area contributed by atoms with Crippen molar-refractivity contribution in [3.05, 3.63) is 84.1 Å². The molecule has 226 valence electrons. The summed E-state index contributed by atoms with van der Waals surface area (Å²) in [6.45, 7) is 5.25. The number of aromatic nitrogens is 2. The molecule has 5 aliphatic rings. The second-order valence-electron chi connectivity index (χ2n) is 14.0. The summed E-state index contributed by atoms with van der Waals surface area (Å²) in [4.78, 5) is 17.8. The number of phenols is 1. The molecule has 1 aliphatic heterocycles. The van der Waals surface area contributed by atoms with Crippen molar-refractivity contribution in [2.75, 3.05) is 37.6 Å². The molecule has 3 aromatic carbocycles. The number of phenolic OH excluding ortho intramolecular Hbond substituents is 1. The molecule has 2 heterocycles. The number of hydrogen-bond donors (Lipinski definition) is 2. The second kappa shape index (κ2) is 11.2. The maximum atomic E-state index is 13.0. The van der Waals surface area contributed by atoms with Crippen LogP contribution in [0.1, 0.15) is 54.6 Å². The third-order valence-corrected chi connectivity index (χ3v) is 10.9. The fraction of sp³-hybridized carbons (Fsp3) is 0.432. The Kier molecular flexibility index (Phi) is 7.01. The van der Waals surface area contributed by atoms with Crippen LogP contribution in [0.15, 0.2) is 72.8 Å². The van der Waals surface area contributed by atoms with Gasteiger partial charge in [0, 0.05) is 39.3 Å². The van der Waals surface area contributed by atoms with Gasteiger partial charge in [0.05, 0.1) is 0 Å². The molecule has 4 saturated carbocycles. The molecule has 5 fully saturated rings. The standard InChI is InChI=1S/C37H41N5O2/c43-30-5-3-4-28(19-30)32-9-8-29(31-6-1-2-7-33(31)32)23-41-12-14-42(15-13-41)35-11-10-34(39-40-35)36(44)38-24-37-20-25-16-26(21-37)18-27(17-25)22-37/h1-11,19,25-27,43H,12-18,20-24H2,(H,38,44). The van der Waals surface area contributed by atoms with Crippen LogP contribution in [0.3, 0.4) is 0 Å². The average molecular weight is 588 g/mol. The van der Waals surface area contributed by atoms with E-state index in [9.17, 15) is 9.90 Å². The highest BCUT2D eigenvalue weighted by atomic mass is 16.3. The SMILES string of the molecule is O=C(NCC12CC3CC(CC(C3)C1)C2)c1ccc(N2CCN(Cc3ccc(-c4cccc(O)c4)c4ccccc34)CC2)nn1. The van der Waals surface area contributed by atoms with E-state index < -0.39 is 0 Å². The Labute approximate surface area is 259 Å². The summed E-state index contributed by atoms with van der Waals surface area (Å²) in [5, 5.41) is 24.5. The highest BCUT2D eigenvalue weighted by Gasteiger charge is 2.50. The number of benzene rings is 3. The van der Waals surface area contributed by atoms with Crippen LogP contribution in [0, 0.1) is 23.2 Å². The van der Waals surface area contributed by atoms with E-state index in [2.05, 4.69) is 61.7 Å². The van der Waals surface area contributed by atoms with Gasteiger partial charge in [0.15, 0.2) is 11.5 Å². The van der Waals surface area contributed by atoms with Gasteiger partial charge in [-0.05, 0) is 113 Å². The van der Waals surface area contributed by atoms with Crippen LogP contribution < -0.4 is 10.2 Å². The molecule has 7 heteroatoms. The molecule has 1 saturated heterocycles. The Bertz CT molecular complexity index is 1640. The van der Waals surface area contributed by atoms with Crippen LogP contribution in [0.4, 0.5) is 5.82 Å². The zero-order valence-corrected chi connectivity index (χ0v) is 25.3. The minimum absolute atomic E-state index is 0.0908. The maximum absolute atomic E-state index is 13.0. The lowest BCUT2D eigenvalue weighted by atomic mass is 9.49. The van der Waals surface area contributed by atoms with Gasteiger partial charge < -0.3 is 15.3 Å². The summed E-state index contributed by atoms with van der Waals surface area (Å²) >= 11 is 0. The molecule has 7 nitrogen and oxygen atoms in total. The number of nitrogens with zero attached hydrogens (tertiary/aromatic N) is 4. The number of anilines is 1. The van der Waals surface area contributed by atoms with Crippen LogP contribution in [0.5, 0.6) is 5.75 Å². The van der Waals surface area contributed by atoms with Gasteiger partial charge in [0.1, 0.15) is 5.75 Å². The monoisotopic (exact) mass is 587 g/mol. The number of piperazine rings is 1. The number of carbonyl (C=O) groups is 1. The van der Waals surface area contributed by atoms with E-state index in [1.54, 1.807) is 6.07 Å². The molecule has 4 aromatic rings. The lowest BCUT2D eigenvalue weighted by Gasteiger charge is -2.56. The van der Waals surface area contributed by atoms with Crippen LogP contribution >= 0.6 is 0 Å². The first kappa shape index (κ1) is 27.6. The summed E-state index contributed by atoms with van der Waals surface area (Å²) in [6.07, 6.45) is 8.11. The van der Waals surface area contributed by atoms with Crippen molar-refractivity contribution < 1.29 is 9.90 Å². The smallest absolute Gasteiger partial charge is 0.271 e. The molecule has 2 N–H and O–H groups in total. The topological polar surface area (TPSA) is 81.6 Å². The summed E-state index contributed by atoms with van der Waals surface area (Å²) < 4.78 is 0. The van der Waals surface area contributed by atoms with E-state index in [0.717, 1.165) is 74.0 Å². The van der Waals surface area contributed by atoms with E-state index in [-0.39, 0.29) is 11.7 Å². The molecular formula is C37H41N5O2. The average Bonchev–Trinajstić information content (AvgIpc) is 3.04. The Morgan fingerprint density at radius 3 is 2.23 bits per heavy atom. The van der Waals surface area contributed by atoms with Crippen molar-refractivity contribution in [2.24, 2.45) is 23.2 Å². The van der Waals surface area contributed by atoms with Gasteiger partial charge in [-0.2, -0.15) is 0 Å². The predicted octanol–water partition coefficient (Wildman–Crippen LogP) is 6.27. The number of aromatic hydroxyl groups is 1. The number of rotatable bonds is 7. The molecule has 4 bridgehead atoms. The molecule has 0 unspecified atom stereocenters. The Morgan fingerprint density at radius 2 is 1.55 bits per heavy atom. The van der Waals surface area contributed by atoms with Crippen LogP contribution in [0.25, 0.3) is 21.9 Å². The van der Waals surface area contributed by atoms with Gasteiger partial charge in [-0.1, -0.05) is 48.5 Å². The largest absolute Gasteiger partial charge is 0.508 e. The minimum Gasteiger partial charge on any atom is -0.508 e. The number of carbonyl (C=O) groups excluding carboxylic acids is 1. The van der Waals surface area contributed by atoms with Gasteiger partial charge >= 0.3 is 0 Å². The number of amides is 1. The molecule has 0 spiro atoms. The maximum Gasteiger partial charge on any atom is 0.271 e. The lowest BCUT2D eigenvalue weighted by molar-refractivity contribution is -0.0503. The minimum atomic E-state index is -0.0908. The van der Waals surface area contributed by atoms with Crippen molar-refractivity contribution in [3.63, 3.8) is 0 Å². The summed E-state index contributed by atoms with van der Waals surface area (Å²) in [7, 11) is 0. The number of nitrogens with one attached hydrogen (secondary N) is 1. The summed E-state index contributed by atoms with van der Waals surface area (Å²) in [6, 6.07) is 24.2. The van der Waals surface area contributed by atoms with E-state index >= 15 is 0 Å². The van der Waals surface area contributed by atoms with Gasteiger partial charge in [-0.25, -0.2) is 0 Å². The summed E-state index contributed by atoms with van der Waals surface area (Å²) in [5.41, 5.74) is 4.19. The van der Waals surface area contributed by atoms with Crippen LogP contribution in [0.2, 0.25) is 0 Å². The molecule has 0 atom stereocenters. The van der Waals surface area contributed by atoms with E-state index in [1.807, 2.05) is 30.3 Å². The highest BCUT2D eigenvalue weighted by Crippen LogP contribution is 2.59. The molecule has 44 heavy (non-hydrogen) atoms. The van der Waals surface area contributed by atoms with Gasteiger partial charge in [0.2, 0.25) is 0 Å². The molecule has 4 aliphatic carbocycles. The molecule has 1 amide bonds. The Morgan fingerprint density at radius 1 is 0.818 bits per heavy atom. The number of fused-ring (bicyclic) bond motifs is 1. The molecular weight excluding hydrogens is 546 g/mol. The van der Waals surface area contributed by atoms with Crippen molar-refractivity contribution in [3.8, 4) is 16.9 Å². The second-order valence-corrected chi connectivity index (χ2v) is 14.0. The Hall–Kier alpha value is -3.97. The van der Waals surface area contributed by atoms with Crippen molar-refractivity contribution in [1.82, 2.24) is 20.4 Å². The third kappa shape index (κ3) is 5.32. The first-order chi connectivity index (χ1) is 21.5. The molecule has 9 rings (SSSR count). The van der Waals surface area contributed by atoms with Crippen molar-refractivity contribution >= 4 is 22.5 Å². The Balaban J connectivity index is 0.879. The molecule has 1 aromatic heterocycles. The summed E-state index contributed by atoms with van der Waals surface area (Å²) in [5.74, 6) is 3.68. The fourth-order valence-electron chi connectivity index (χ4n) is 9.28. The van der Waals surface area contributed by atoms with E-state index in [4.69, 9.17) is 0 Å². The van der Waals surface area contributed by atoms with Gasteiger partial charge in [-0.3, -0.25) is 9.69 Å². The predicted molar refractivity (Wildman–Crippen MR) is 174 cm³/mol. The van der Waals surface area contributed by atoms with Gasteiger partial charge in [0.25, 0.3) is 5.91 Å². The number of hydrogen-bond acceptors (Lipinski definition) is 6. The normalized spacial score (nSPS) is 26.3. The van der Waals surface area contributed by atoms with Crippen molar-refractivity contribution in [1.29, 1.82) is 0 Å². The van der Waals surface area contributed by atoms with E-state index in [0.29, 0.717) is 11.1 Å². The zero-order chi connectivity index (χ0) is 29.7. The van der Waals surface area contributed by atoms with E-state index in [1.165, 1.54) is 54.9 Å². The van der Waals surface area contributed by atoms with Crippen LogP contribution in [-0.4, -0.2) is 58.8 Å². The fourth-order valence-corrected chi connectivity index (χ4v) is 9.28. The first-order valence-electron chi connectivity index (χ1n) is 16.4.